The first kappa shape index (κ1) is 18.2. The Morgan fingerprint density at radius 2 is 1.92 bits per heavy atom. The third kappa shape index (κ3) is 4.23. The van der Waals surface area contributed by atoms with Crippen molar-refractivity contribution in [3.63, 3.8) is 0 Å². The number of anilines is 1. The van der Waals surface area contributed by atoms with Gasteiger partial charge in [0.25, 0.3) is 5.91 Å². The Morgan fingerprint density at radius 1 is 1.21 bits per heavy atom. The highest BCUT2D eigenvalue weighted by molar-refractivity contribution is 9.10. The summed E-state index contributed by atoms with van der Waals surface area (Å²) in [5.41, 5.74) is 3.41. The summed E-state index contributed by atoms with van der Waals surface area (Å²) in [4.78, 5) is 16.7. The van der Waals surface area contributed by atoms with E-state index in [2.05, 4.69) is 26.2 Å². The number of nitrogens with one attached hydrogen (secondary N) is 1. The molecular formula is C19H20BrN2O2-. The van der Waals surface area contributed by atoms with Crippen molar-refractivity contribution in [2.24, 2.45) is 4.99 Å². The van der Waals surface area contributed by atoms with Crippen LogP contribution in [0.1, 0.15) is 40.9 Å². The van der Waals surface area contributed by atoms with Gasteiger partial charge in [-0.15, -0.1) is 0 Å². The molecule has 126 valence electrons. The van der Waals surface area contributed by atoms with Crippen LogP contribution in [-0.2, 0) is 0 Å². The molecule has 0 atom stereocenters. The van der Waals surface area contributed by atoms with Gasteiger partial charge >= 0.3 is 0 Å². The van der Waals surface area contributed by atoms with E-state index in [0.717, 1.165) is 16.8 Å². The van der Waals surface area contributed by atoms with Gasteiger partial charge in [-0.2, -0.15) is 0 Å². The van der Waals surface area contributed by atoms with E-state index in [1.807, 2.05) is 45.9 Å². The molecule has 1 amide bonds. The topological polar surface area (TPSA) is 64.5 Å². The first-order valence-electron chi connectivity index (χ1n) is 7.72. The van der Waals surface area contributed by atoms with Crippen LogP contribution in [0.5, 0.6) is 0 Å². The van der Waals surface area contributed by atoms with Gasteiger partial charge in [0.05, 0.1) is 0 Å². The highest BCUT2D eigenvalue weighted by Crippen LogP contribution is 2.23. The van der Waals surface area contributed by atoms with E-state index in [1.54, 1.807) is 18.2 Å². The molecule has 0 saturated heterocycles. The number of amides is 1. The van der Waals surface area contributed by atoms with Gasteiger partial charge in [-0.05, 0) is 57.4 Å². The number of halogens is 1. The number of aryl methyl sites for hydroxylation is 2. The molecule has 0 fully saturated rings. The average molecular weight is 388 g/mol. The minimum absolute atomic E-state index is 0.139. The van der Waals surface area contributed by atoms with Crippen LogP contribution in [0.3, 0.4) is 0 Å². The zero-order valence-corrected chi connectivity index (χ0v) is 15.8. The van der Waals surface area contributed by atoms with Crippen molar-refractivity contribution in [2.75, 3.05) is 5.32 Å². The number of rotatable bonds is 4. The first-order chi connectivity index (χ1) is 11.3. The maximum atomic E-state index is 12.7. The molecule has 0 heterocycles. The molecule has 2 aromatic carbocycles. The predicted octanol–water partition coefficient (Wildman–Crippen LogP) is 3.83. The van der Waals surface area contributed by atoms with E-state index in [4.69, 9.17) is 0 Å². The molecule has 0 saturated carbocycles. The van der Waals surface area contributed by atoms with Crippen molar-refractivity contribution in [3.8, 4) is 0 Å². The summed E-state index contributed by atoms with van der Waals surface area (Å²) in [6, 6.07) is 10.7. The molecule has 0 aliphatic carbocycles. The molecular weight excluding hydrogens is 368 g/mol. The number of hydrogen-bond donors (Lipinski definition) is 1. The molecule has 0 aliphatic rings. The van der Waals surface area contributed by atoms with Crippen LogP contribution in [0.2, 0.25) is 0 Å². The van der Waals surface area contributed by atoms with E-state index in [1.165, 1.54) is 0 Å². The third-order valence-electron chi connectivity index (χ3n) is 3.48. The Morgan fingerprint density at radius 3 is 2.54 bits per heavy atom. The summed E-state index contributed by atoms with van der Waals surface area (Å²) in [5.74, 6) is -0.728. The SMILES string of the molecule is Cc1ccc(NC(=O)c2cccc(Br)c2C([O-])=NC(C)C)c(C)c1. The Kier molecular flexibility index (Phi) is 5.78. The molecule has 4 nitrogen and oxygen atoms in total. The maximum Gasteiger partial charge on any atom is 0.256 e. The zero-order chi connectivity index (χ0) is 17.9. The van der Waals surface area contributed by atoms with Crippen LogP contribution < -0.4 is 10.4 Å². The molecule has 0 unspecified atom stereocenters. The van der Waals surface area contributed by atoms with Crippen molar-refractivity contribution >= 4 is 33.4 Å². The fourth-order valence-electron chi connectivity index (χ4n) is 2.37. The lowest BCUT2D eigenvalue weighted by Gasteiger charge is -2.19. The average Bonchev–Trinajstić information content (AvgIpc) is 2.48. The molecule has 0 spiro atoms. The second-order valence-corrected chi connectivity index (χ2v) is 6.82. The molecule has 0 aliphatic heterocycles. The number of benzene rings is 2. The van der Waals surface area contributed by atoms with Crippen LogP contribution >= 0.6 is 15.9 Å². The van der Waals surface area contributed by atoms with E-state index in [0.29, 0.717) is 10.0 Å². The summed E-state index contributed by atoms with van der Waals surface area (Å²) in [6.07, 6.45) is 0. The minimum Gasteiger partial charge on any atom is -0.858 e. The molecule has 2 aromatic rings. The molecule has 1 N–H and O–H groups in total. The van der Waals surface area contributed by atoms with Gasteiger partial charge in [-0.1, -0.05) is 39.7 Å². The lowest BCUT2D eigenvalue weighted by molar-refractivity contribution is -0.213. The molecule has 2 rings (SSSR count). The summed E-state index contributed by atoms with van der Waals surface area (Å²) < 4.78 is 0.560. The molecule has 0 radical (unpaired) electrons. The van der Waals surface area contributed by atoms with Crippen molar-refractivity contribution in [3.05, 3.63) is 63.1 Å². The molecule has 24 heavy (non-hydrogen) atoms. The minimum atomic E-state index is -0.400. The quantitative estimate of drug-likeness (QED) is 0.639. The van der Waals surface area contributed by atoms with Gasteiger partial charge in [-0.3, -0.25) is 9.79 Å². The predicted molar refractivity (Wildman–Crippen MR) is 99.7 cm³/mol. The van der Waals surface area contributed by atoms with Gasteiger partial charge in [0.1, 0.15) is 0 Å². The van der Waals surface area contributed by atoms with Crippen LogP contribution in [0, 0.1) is 13.8 Å². The van der Waals surface area contributed by atoms with Gasteiger partial charge in [-0.25, -0.2) is 0 Å². The molecule has 0 aromatic heterocycles. The Bertz CT molecular complexity index is 798. The van der Waals surface area contributed by atoms with Crippen molar-refractivity contribution < 1.29 is 9.90 Å². The Labute approximate surface area is 150 Å². The van der Waals surface area contributed by atoms with Crippen molar-refractivity contribution in [1.82, 2.24) is 0 Å². The lowest BCUT2D eigenvalue weighted by atomic mass is 10.1. The summed E-state index contributed by atoms with van der Waals surface area (Å²) in [5, 5.41) is 15.3. The lowest BCUT2D eigenvalue weighted by Crippen LogP contribution is -2.26. The standard InChI is InChI=1S/C19H21BrN2O2/c1-11(2)21-19(24)17-14(6-5-7-15(17)20)18(23)22-16-9-8-12(3)10-13(16)4/h5-11H,1-4H3,(H,21,24)(H,22,23)/p-1. The van der Waals surface area contributed by atoms with Gasteiger partial charge in [0.15, 0.2) is 0 Å². The number of hydrogen-bond acceptors (Lipinski definition) is 3. The third-order valence-corrected chi connectivity index (χ3v) is 4.14. The summed E-state index contributed by atoms with van der Waals surface area (Å²) in [7, 11) is 0. The molecule has 0 bridgehead atoms. The maximum absolute atomic E-state index is 12.7. The van der Waals surface area contributed by atoms with Gasteiger partial charge in [0.2, 0.25) is 0 Å². The normalized spacial score (nSPS) is 11.7. The zero-order valence-electron chi connectivity index (χ0n) is 14.2. The highest BCUT2D eigenvalue weighted by Gasteiger charge is 2.15. The number of aliphatic imine (C=N–C) groups is 1. The first-order valence-corrected chi connectivity index (χ1v) is 8.51. The van der Waals surface area contributed by atoms with Crippen molar-refractivity contribution in [2.45, 2.75) is 33.7 Å². The fraction of sp³-hybridized carbons (Fsp3) is 0.263. The van der Waals surface area contributed by atoms with E-state index in [-0.39, 0.29) is 17.5 Å². The summed E-state index contributed by atoms with van der Waals surface area (Å²) >= 11 is 3.35. The fourth-order valence-corrected chi connectivity index (χ4v) is 2.91. The molecule has 5 heteroatoms. The van der Waals surface area contributed by atoms with E-state index in [9.17, 15) is 9.90 Å². The second kappa shape index (κ2) is 7.62. The van der Waals surface area contributed by atoms with Crippen LogP contribution in [0.25, 0.3) is 0 Å². The second-order valence-electron chi connectivity index (χ2n) is 5.96. The highest BCUT2D eigenvalue weighted by atomic mass is 79.9. The van der Waals surface area contributed by atoms with Gasteiger partial charge < -0.3 is 10.4 Å². The van der Waals surface area contributed by atoms with Gasteiger partial charge in [0, 0.05) is 27.3 Å². The monoisotopic (exact) mass is 387 g/mol. The number of carbonyl (C=O) groups is 1. The largest absolute Gasteiger partial charge is 0.858 e. The number of carbonyl (C=O) groups excluding carboxylic acids is 1. The Hall–Kier alpha value is -2.14. The van der Waals surface area contributed by atoms with Crippen LogP contribution in [0.15, 0.2) is 45.9 Å². The number of nitrogens with zero attached hydrogens (tertiary/aromatic N) is 1. The van der Waals surface area contributed by atoms with E-state index >= 15 is 0 Å². The van der Waals surface area contributed by atoms with Crippen LogP contribution in [0.4, 0.5) is 5.69 Å². The smallest absolute Gasteiger partial charge is 0.256 e. The summed E-state index contributed by atoms with van der Waals surface area (Å²) in [6.45, 7) is 7.58. The van der Waals surface area contributed by atoms with Crippen LogP contribution in [-0.4, -0.2) is 17.8 Å². The van der Waals surface area contributed by atoms with E-state index < -0.39 is 5.90 Å². The Balaban J connectivity index is 2.41. The van der Waals surface area contributed by atoms with Crippen molar-refractivity contribution in [1.29, 1.82) is 0 Å².